The van der Waals surface area contributed by atoms with Crippen molar-refractivity contribution >= 4 is 38.9 Å². The van der Waals surface area contributed by atoms with E-state index in [1.807, 2.05) is 47.4 Å². The first kappa shape index (κ1) is 24.0. The molecule has 1 aliphatic heterocycles. The van der Waals surface area contributed by atoms with Gasteiger partial charge >= 0.3 is 0 Å². The molecule has 0 spiro atoms. The van der Waals surface area contributed by atoms with Gasteiger partial charge in [-0.1, -0.05) is 71.8 Å². The van der Waals surface area contributed by atoms with Gasteiger partial charge in [-0.15, -0.1) is 11.3 Å². The number of hydrogen-bond donors (Lipinski definition) is 0. The monoisotopic (exact) mass is 504 g/mol. The highest BCUT2D eigenvalue weighted by Crippen LogP contribution is 2.27. The molecule has 1 fully saturated rings. The number of amides is 1. The van der Waals surface area contributed by atoms with E-state index in [1.54, 1.807) is 11.3 Å². The van der Waals surface area contributed by atoms with Gasteiger partial charge in [0.05, 0.1) is 17.6 Å². The van der Waals surface area contributed by atoms with E-state index >= 15 is 0 Å². The van der Waals surface area contributed by atoms with Crippen molar-refractivity contribution in [3.8, 4) is 0 Å². The van der Waals surface area contributed by atoms with Gasteiger partial charge in [0.2, 0.25) is 0 Å². The number of piperazine rings is 1. The number of benzene rings is 3. The maximum absolute atomic E-state index is 13.1. The van der Waals surface area contributed by atoms with Crippen molar-refractivity contribution < 1.29 is 9.53 Å². The predicted octanol–water partition coefficient (Wildman–Crippen LogP) is 6.58. The fraction of sp³-hybridized carbons (Fsp3) is 0.276. The molecule has 1 aromatic heterocycles. The van der Waals surface area contributed by atoms with E-state index in [4.69, 9.17) is 16.3 Å². The minimum absolute atomic E-state index is 0.0716. The lowest BCUT2D eigenvalue weighted by Gasteiger charge is -2.36. The minimum atomic E-state index is -0.0716. The maximum Gasteiger partial charge on any atom is 0.264 e. The zero-order chi connectivity index (χ0) is 24.2. The molecule has 35 heavy (non-hydrogen) atoms. The summed E-state index contributed by atoms with van der Waals surface area (Å²) >= 11 is 7.71. The molecule has 6 heteroatoms. The van der Waals surface area contributed by atoms with Crippen molar-refractivity contribution in [1.82, 2.24) is 9.80 Å². The van der Waals surface area contributed by atoms with Gasteiger partial charge in [0.25, 0.3) is 5.91 Å². The lowest BCUT2D eigenvalue weighted by Crippen LogP contribution is -2.49. The van der Waals surface area contributed by atoms with Crippen LogP contribution in [0.5, 0.6) is 0 Å². The highest BCUT2D eigenvalue weighted by atomic mass is 35.5. The van der Waals surface area contributed by atoms with Crippen LogP contribution in [0.1, 0.15) is 32.5 Å². The molecule has 0 unspecified atom stereocenters. The summed E-state index contributed by atoms with van der Waals surface area (Å²) in [5.74, 6) is 0.135. The molecule has 4 nitrogen and oxygen atoms in total. The lowest BCUT2D eigenvalue weighted by atomic mass is 10.1. The van der Waals surface area contributed by atoms with Crippen molar-refractivity contribution in [3.05, 3.63) is 105 Å². The fourth-order valence-corrected chi connectivity index (χ4v) is 5.70. The molecule has 0 N–H and O–H groups in total. The Bertz CT molecular complexity index is 1260. The van der Waals surface area contributed by atoms with Gasteiger partial charge in [0, 0.05) is 42.4 Å². The van der Waals surface area contributed by atoms with Gasteiger partial charge in [-0.25, -0.2) is 0 Å². The van der Waals surface area contributed by atoms with Crippen molar-refractivity contribution in [1.29, 1.82) is 0 Å². The summed E-state index contributed by atoms with van der Waals surface area (Å²) in [6.45, 7) is 6.52. The summed E-state index contributed by atoms with van der Waals surface area (Å²) in [7, 11) is 0. The van der Waals surface area contributed by atoms with Crippen LogP contribution < -0.4 is 0 Å². The largest absolute Gasteiger partial charge is 0.368 e. The first-order valence-corrected chi connectivity index (χ1v) is 13.2. The van der Waals surface area contributed by atoms with Gasteiger partial charge in [-0.05, 0) is 47.7 Å². The van der Waals surface area contributed by atoms with Crippen LogP contribution >= 0.6 is 22.9 Å². The fourth-order valence-electron chi connectivity index (χ4n) is 4.54. The molecule has 1 amide bonds. The summed E-state index contributed by atoms with van der Waals surface area (Å²) in [6.07, 6.45) is -0.0716. The Balaban J connectivity index is 1.22. The van der Waals surface area contributed by atoms with Crippen LogP contribution in [0.4, 0.5) is 0 Å². The second-order valence-corrected chi connectivity index (χ2v) is 10.6. The summed E-state index contributed by atoms with van der Waals surface area (Å²) in [5, 5.41) is 1.86. The Morgan fingerprint density at radius 1 is 0.971 bits per heavy atom. The molecular weight excluding hydrogens is 476 g/mol. The van der Waals surface area contributed by atoms with Crippen LogP contribution in [-0.2, 0) is 11.3 Å². The number of carbonyl (C=O) groups excluding carboxylic acids is 1. The Kier molecular flexibility index (Phi) is 7.49. The maximum atomic E-state index is 13.1. The second kappa shape index (κ2) is 10.9. The Morgan fingerprint density at radius 3 is 2.49 bits per heavy atom. The van der Waals surface area contributed by atoms with E-state index in [2.05, 4.69) is 48.2 Å². The molecule has 5 rings (SSSR count). The first-order chi connectivity index (χ1) is 17.0. The molecule has 1 atom stereocenters. The van der Waals surface area contributed by atoms with E-state index in [0.717, 1.165) is 58.3 Å². The van der Waals surface area contributed by atoms with Crippen molar-refractivity contribution in [2.75, 3.05) is 32.7 Å². The van der Waals surface area contributed by atoms with Crippen molar-refractivity contribution in [3.63, 3.8) is 0 Å². The van der Waals surface area contributed by atoms with Gasteiger partial charge < -0.3 is 9.64 Å². The number of halogens is 1. The van der Waals surface area contributed by atoms with Gasteiger partial charge in [-0.2, -0.15) is 0 Å². The number of aryl methyl sites for hydroxylation is 1. The van der Waals surface area contributed by atoms with Crippen LogP contribution in [0.2, 0.25) is 5.02 Å². The molecule has 4 aromatic rings. The zero-order valence-corrected chi connectivity index (χ0v) is 21.4. The number of ether oxygens (including phenoxy) is 1. The minimum Gasteiger partial charge on any atom is -0.368 e. The van der Waals surface area contributed by atoms with Crippen molar-refractivity contribution in [2.45, 2.75) is 19.6 Å². The Labute approximate surface area is 215 Å². The molecule has 0 saturated carbocycles. The van der Waals surface area contributed by atoms with E-state index in [0.29, 0.717) is 6.61 Å². The van der Waals surface area contributed by atoms with E-state index in [1.165, 1.54) is 11.1 Å². The van der Waals surface area contributed by atoms with Crippen molar-refractivity contribution in [2.24, 2.45) is 0 Å². The summed E-state index contributed by atoms with van der Waals surface area (Å²) in [6, 6.07) is 26.5. The summed E-state index contributed by atoms with van der Waals surface area (Å²) < 4.78 is 7.58. The topological polar surface area (TPSA) is 32.8 Å². The SMILES string of the molecule is Cc1cccc(CO[C@@H](CN2CCN(C(=O)c3cc4ccccc4s3)CC2)c2ccc(Cl)cc2)c1. The first-order valence-electron chi connectivity index (χ1n) is 12.0. The summed E-state index contributed by atoms with van der Waals surface area (Å²) in [5.41, 5.74) is 3.52. The number of hydrogen-bond acceptors (Lipinski definition) is 4. The molecular formula is C29H29ClN2O2S. The zero-order valence-electron chi connectivity index (χ0n) is 19.8. The number of rotatable bonds is 7. The van der Waals surface area contributed by atoms with Gasteiger partial charge in [-0.3, -0.25) is 9.69 Å². The molecule has 1 aliphatic rings. The standard InChI is InChI=1S/C29H29ClN2O2S/c1-21-5-4-6-22(17-21)20-34-26(23-9-11-25(30)12-10-23)19-31-13-15-32(16-14-31)29(33)28-18-24-7-2-3-8-27(24)35-28/h2-12,17-18,26H,13-16,19-20H2,1H3/t26-/m0/s1. The van der Waals surface area contributed by atoms with Crippen LogP contribution in [0.15, 0.2) is 78.9 Å². The Morgan fingerprint density at radius 2 is 1.74 bits per heavy atom. The lowest BCUT2D eigenvalue weighted by molar-refractivity contribution is 0.00346. The third-order valence-corrected chi connectivity index (χ3v) is 7.85. The molecule has 180 valence electrons. The van der Waals surface area contributed by atoms with Crippen LogP contribution in [-0.4, -0.2) is 48.4 Å². The van der Waals surface area contributed by atoms with E-state index < -0.39 is 0 Å². The number of fused-ring (bicyclic) bond motifs is 1. The molecule has 1 saturated heterocycles. The number of carbonyl (C=O) groups is 1. The second-order valence-electron chi connectivity index (χ2n) is 9.08. The molecule has 3 aromatic carbocycles. The summed E-state index contributed by atoms with van der Waals surface area (Å²) in [4.78, 5) is 18.3. The smallest absolute Gasteiger partial charge is 0.264 e. The van der Waals surface area contributed by atoms with Crippen LogP contribution in [0.25, 0.3) is 10.1 Å². The quantitative estimate of drug-likeness (QED) is 0.285. The highest BCUT2D eigenvalue weighted by Gasteiger charge is 2.26. The van der Waals surface area contributed by atoms with Gasteiger partial charge in [0.15, 0.2) is 0 Å². The predicted molar refractivity (Wildman–Crippen MR) is 144 cm³/mol. The van der Waals surface area contributed by atoms with Crippen LogP contribution in [0.3, 0.4) is 0 Å². The third kappa shape index (κ3) is 5.93. The number of nitrogens with zero attached hydrogens (tertiary/aromatic N) is 2. The average Bonchev–Trinajstić information content (AvgIpc) is 3.32. The molecule has 0 aliphatic carbocycles. The molecule has 0 radical (unpaired) electrons. The Hall–Kier alpha value is -2.70. The van der Waals surface area contributed by atoms with E-state index in [-0.39, 0.29) is 12.0 Å². The van der Waals surface area contributed by atoms with E-state index in [9.17, 15) is 4.79 Å². The highest BCUT2D eigenvalue weighted by molar-refractivity contribution is 7.20. The van der Waals surface area contributed by atoms with Gasteiger partial charge in [0.1, 0.15) is 0 Å². The molecule has 0 bridgehead atoms. The normalized spacial score (nSPS) is 15.4. The molecule has 2 heterocycles. The van der Waals surface area contributed by atoms with Crippen LogP contribution in [0, 0.1) is 6.92 Å². The third-order valence-electron chi connectivity index (χ3n) is 6.50. The number of thiophene rings is 1. The average molecular weight is 505 g/mol.